The fourth-order valence-corrected chi connectivity index (χ4v) is 1.25. The molecule has 0 aromatic heterocycles. The van der Waals surface area contributed by atoms with Crippen LogP contribution in [0.1, 0.15) is 6.42 Å². The Kier molecular flexibility index (Phi) is 2.33. The number of nitrogens with one attached hydrogen (secondary N) is 1. The van der Waals surface area contributed by atoms with Gasteiger partial charge in [0.05, 0.1) is 0 Å². The molecule has 0 spiro atoms. The Morgan fingerprint density at radius 3 is 2.90 bits per heavy atom. The summed E-state index contributed by atoms with van der Waals surface area (Å²) in [5.74, 6) is 0.855. The van der Waals surface area contributed by atoms with Gasteiger partial charge < -0.3 is 10.2 Å². The third kappa shape index (κ3) is 1.74. The van der Waals surface area contributed by atoms with Gasteiger partial charge in [-0.3, -0.25) is 0 Å². The minimum Gasteiger partial charge on any atom is -0.381 e. The molecule has 2 heteroatoms. The van der Waals surface area contributed by atoms with Crippen LogP contribution in [-0.4, -0.2) is 31.6 Å². The molecule has 2 nitrogen and oxygen atoms in total. The lowest BCUT2D eigenvalue weighted by molar-refractivity contribution is 0.423. The van der Waals surface area contributed by atoms with Crippen LogP contribution in [0.2, 0.25) is 0 Å². The molecule has 58 valence electrons. The Labute approximate surface area is 62.9 Å². The van der Waals surface area contributed by atoms with Gasteiger partial charge in [0.25, 0.3) is 0 Å². The molecule has 0 radical (unpaired) electrons. The maximum atomic E-state index is 3.70. The first kappa shape index (κ1) is 7.61. The van der Waals surface area contributed by atoms with Gasteiger partial charge in [-0.15, -0.1) is 0 Å². The van der Waals surface area contributed by atoms with E-state index < -0.39 is 0 Å². The van der Waals surface area contributed by atoms with Crippen molar-refractivity contribution in [3.8, 4) is 0 Å². The van der Waals surface area contributed by atoms with E-state index in [1.54, 1.807) is 0 Å². The average molecular weight is 140 g/mol. The first-order chi connectivity index (χ1) is 4.77. The van der Waals surface area contributed by atoms with E-state index in [1.807, 2.05) is 13.2 Å². The zero-order chi connectivity index (χ0) is 7.56. The summed E-state index contributed by atoms with van der Waals surface area (Å²) in [4.78, 5) is 2.14. The van der Waals surface area contributed by atoms with E-state index in [0.29, 0.717) is 0 Å². The molecule has 10 heavy (non-hydrogen) atoms. The molecule has 1 aliphatic carbocycles. The van der Waals surface area contributed by atoms with Crippen LogP contribution in [0, 0.1) is 5.92 Å². The van der Waals surface area contributed by atoms with Crippen LogP contribution >= 0.6 is 0 Å². The summed E-state index contributed by atoms with van der Waals surface area (Å²) in [6.45, 7) is 4.85. The van der Waals surface area contributed by atoms with Crippen LogP contribution in [-0.2, 0) is 0 Å². The topological polar surface area (TPSA) is 15.3 Å². The second-order valence-corrected chi connectivity index (χ2v) is 3.01. The van der Waals surface area contributed by atoms with E-state index in [1.165, 1.54) is 6.42 Å². The SMILES string of the molecule is C=CN(C)CC1CC1NC. The standard InChI is InChI=1S/C8H16N2/c1-4-10(3)6-7-5-8(7)9-2/h4,7-9H,1,5-6H2,2-3H3. The minimum atomic E-state index is 0.766. The number of hydrogen-bond donors (Lipinski definition) is 1. The highest BCUT2D eigenvalue weighted by atomic mass is 15.1. The molecule has 1 rings (SSSR count). The monoisotopic (exact) mass is 140 g/mol. The van der Waals surface area contributed by atoms with Crippen molar-refractivity contribution in [3.05, 3.63) is 12.8 Å². The summed E-state index contributed by atoms with van der Waals surface area (Å²) in [7, 11) is 4.09. The van der Waals surface area contributed by atoms with Gasteiger partial charge in [0.15, 0.2) is 0 Å². The molecule has 0 aliphatic heterocycles. The van der Waals surface area contributed by atoms with Gasteiger partial charge in [-0.05, 0) is 25.6 Å². The molecule has 2 unspecified atom stereocenters. The molecule has 0 aromatic carbocycles. The van der Waals surface area contributed by atoms with E-state index in [0.717, 1.165) is 18.5 Å². The lowest BCUT2D eigenvalue weighted by Gasteiger charge is -2.11. The van der Waals surface area contributed by atoms with E-state index in [9.17, 15) is 0 Å². The van der Waals surface area contributed by atoms with Gasteiger partial charge in [-0.1, -0.05) is 6.58 Å². The Balaban J connectivity index is 2.11. The smallest absolute Gasteiger partial charge is 0.0212 e. The van der Waals surface area contributed by atoms with Crippen LogP contribution in [0.4, 0.5) is 0 Å². The van der Waals surface area contributed by atoms with Gasteiger partial charge in [0.2, 0.25) is 0 Å². The second kappa shape index (κ2) is 3.06. The quantitative estimate of drug-likeness (QED) is 0.617. The van der Waals surface area contributed by atoms with Crippen LogP contribution in [0.3, 0.4) is 0 Å². The average Bonchev–Trinajstić information content (AvgIpc) is 2.67. The van der Waals surface area contributed by atoms with Gasteiger partial charge in [0, 0.05) is 19.6 Å². The summed E-state index contributed by atoms with van der Waals surface area (Å²) in [5.41, 5.74) is 0. The molecule has 1 saturated carbocycles. The summed E-state index contributed by atoms with van der Waals surface area (Å²) in [5, 5.41) is 3.26. The molecule has 1 fully saturated rings. The minimum absolute atomic E-state index is 0.766. The predicted molar refractivity (Wildman–Crippen MR) is 43.8 cm³/mol. The molecule has 0 bridgehead atoms. The van der Waals surface area contributed by atoms with E-state index in [2.05, 4.69) is 23.8 Å². The molecule has 2 atom stereocenters. The number of hydrogen-bond acceptors (Lipinski definition) is 2. The van der Waals surface area contributed by atoms with Crippen LogP contribution in [0.25, 0.3) is 0 Å². The fourth-order valence-electron chi connectivity index (χ4n) is 1.25. The van der Waals surface area contributed by atoms with E-state index in [4.69, 9.17) is 0 Å². The van der Waals surface area contributed by atoms with Crippen molar-refractivity contribution in [3.63, 3.8) is 0 Å². The highest BCUT2D eigenvalue weighted by molar-refractivity contribution is 4.94. The molecular weight excluding hydrogens is 124 g/mol. The molecule has 1 N–H and O–H groups in total. The van der Waals surface area contributed by atoms with Gasteiger partial charge in [-0.25, -0.2) is 0 Å². The molecule has 0 amide bonds. The summed E-state index contributed by atoms with van der Waals surface area (Å²) in [6, 6.07) is 0.766. The van der Waals surface area contributed by atoms with Crippen molar-refractivity contribution in [1.82, 2.24) is 10.2 Å². The summed E-state index contributed by atoms with van der Waals surface area (Å²) < 4.78 is 0. The van der Waals surface area contributed by atoms with Gasteiger partial charge in [-0.2, -0.15) is 0 Å². The Morgan fingerprint density at radius 2 is 2.50 bits per heavy atom. The maximum Gasteiger partial charge on any atom is 0.0212 e. The van der Waals surface area contributed by atoms with Gasteiger partial charge in [0.1, 0.15) is 0 Å². The predicted octanol–water partition coefficient (Wildman–Crippen LogP) is 0.670. The van der Waals surface area contributed by atoms with Crippen molar-refractivity contribution in [1.29, 1.82) is 0 Å². The molecule has 0 aromatic rings. The van der Waals surface area contributed by atoms with Gasteiger partial charge >= 0.3 is 0 Å². The Bertz CT molecular complexity index is 122. The summed E-state index contributed by atoms with van der Waals surface area (Å²) >= 11 is 0. The zero-order valence-corrected chi connectivity index (χ0v) is 6.80. The lowest BCUT2D eigenvalue weighted by atomic mass is 10.4. The normalized spacial score (nSPS) is 29.8. The zero-order valence-electron chi connectivity index (χ0n) is 6.80. The van der Waals surface area contributed by atoms with Crippen molar-refractivity contribution in [2.75, 3.05) is 20.6 Å². The largest absolute Gasteiger partial charge is 0.381 e. The molecule has 1 aliphatic rings. The van der Waals surface area contributed by atoms with Crippen LogP contribution < -0.4 is 5.32 Å². The fraction of sp³-hybridized carbons (Fsp3) is 0.750. The first-order valence-corrected chi connectivity index (χ1v) is 3.78. The number of nitrogens with zero attached hydrogens (tertiary/aromatic N) is 1. The van der Waals surface area contributed by atoms with Crippen molar-refractivity contribution in [2.45, 2.75) is 12.5 Å². The van der Waals surface area contributed by atoms with E-state index in [-0.39, 0.29) is 0 Å². The third-order valence-electron chi connectivity index (χ3n) is 2.13. The molecule has 0 saturated heterocycles. The second-order valence-electron chi connectivity index (χ2n) is 3.01. The third-order valence-corrected chi connectivity index (χ3v) is 2.13. The van der Waals surface area contributed by atoms with Crippen LogP contribution in [0.5, 0.6) is 0 Å². The van der Waals surface area contributed by atoms with Crippen LogP contribution in [0.15, 0.2) is 12.8 Å². The lowest BCUT2D eigenvalue weighted by Crippen LogP contribution is -2.19. The van der Waals surface area contributed by atoms with Crippen molar-refractivity contribution >= 4 is 0 Å². The highest BCUT2D eigenvalue weighted by Gasteiger charge is 2.35. The Morgan fingerprint density at radius 1 is 1.80 bits per heavy atom. The summed E-state index contributed by atoms with van der Waals surface area (Å²) in [6.07, 6.45) is 3.21. The van der Waals surface area contributed by atoms with Crippen molar-refractivity contribution < 1.29 is 0 Å². The molecule has 0 heterocycles. The highest BCUT2D eigenvalue weighted by Crippen LogP contribution is 2.30. The Hall–Kier alpha value is -0.500. The van der Waals surface area contributed by atoms with E-state index >= 15 is 0 Å². The first-order valence-electron chi connectivity index (χ1n) is 3.78. The molecular formula is C8H16N2. The van der Waals surface area contributed by atoms with Crippen molar-refractivity contribution in [2.24, 2.45) is 5.92 Å². The number of rotatable bonds is 4. The maximum absolute atomic E-state index is 3.70.